The summed E-state index contributed by atoms with van der Waals surface area (Å²) in [4.78, 5) is 32.6. The highest BCUT2D eigenvalue weighted by atomic mass is 35.5. The van der Waals surface area contributed by atoms with Gasteiger partial charge in [0.05, 0.1) is 21.3 Å². The molecule has 4 rings (SSSR count). The fourth-order valence-corrected chi connectivity index (χ4v) is 4.15. The van der Waals surface area contributed by atoms with E-state index in [1.807, 2.05) is 36.9 Å². The van der Waals surface area contributed by atoms with Gasteiger partial charge in [0.1, 0.15) is 5.70 Å². The first-order chi connectivity index (χ1) is 14.3. The van der Waals surface area contributed by atoms with E-state index in [0.29, 0.717) is 40.1 Å². The molecule has 0 spiro atoms. The Morgan fingerprint density at radius 1 is 0.800 bits per heavy atom. The predicted octanol–water partition coefficient (Wildman–Crippen LogP) is 4.14. The quantitative estimate of drug-likeness (QED) is 0.668. The zero-order chi connectivity index (χ0) is 21.6. The summed E-state index contributed by atoms with van der Waals surface area (Å²) >= 11 is 12.2. The van der Waals surface area contributed by atoms with Crippen LogP contribution in [0.1, 0.15) is 16.7 Å². The van der Waals surface area contributed by atoms with Crippen molar-refractivity contribution in [1.82, 2.24) is 9.80 Å². The maximum absolute atomic E-state index is 13.6. The van der Waals surface area contributed by atoms with Gasteiger partial charge in [-0.25, -0.2) is 4.90 Å². The summed E-state index contributed by atoms with van der Waals surface area (Å²) in [6.07, 6.45) is 0. The van der Waals surface area contributed by atoms with Gasteiger partial charge in [-0.15, -0.1) is 0 Å². The zero-order valence-electron chi connectivity index (χ0n) is 17.2. The average molecular weight is 444 g/mol. The highest BCUT2D eigenvalue weighted by molar-refractivity contribution is 6.46. The zero-order valence-corrected chi connectivity index (χ0v) is 18.7. The molecule has 0 aromatic heterocycles. The van der Waals surface area contributed by atoms with Gasteiger partial charge in [0.25, 0.3) is 11.8 Å². The Labute approximate surface area is 186 Å². The highest BCUT2D eigenvalue weighted by Crippen LogP contribution is 2.37. The van der Waals surface area contributed by atoms with Crippen LogP contribution in [0.2, 0.25) is 10.0 Å². The smallest absolute Gasteiger partial charge is 0.282 e. The molecule has 0 saturated carbocycles. The first-order valence-corrected chi connectivity index (χ1v) is 10.6. The number of likely N-dealkylation sites (N-methyl/N-ethyl adjacent to an activating group) is 1. The fraction of sp³-hybridized carbons (Fsp3) is 0.304. The van der Waals surface area contributed by atoms with E-state index in [0.717, 1.165) is 29.8 Å². The van der Waals surface area contributed by atoms with Gasteiger partial charge >= 0.3 is 0 Å². The van der Waals surface area contributed by atoms with E-state index in [4.69, 9.17) is 23.2 Å². The number of carbonyl (C=O) groups excluding carboxylic acids is 2. The van der Waals surface area contributed by atoms with Gasteiger partial charge < -0.3 is 9.80 Å². The minimum Gasteiger partial charge on any atom is -0.364 e. The topological polar surface area (TPSA) is 43.9 Å². The summed E-state index contributed by atoms with van der Waals surface area (Å²) in [5.74, 6) is -0.660. The molecule has 2 aliphatic heterocycles. The molecule has 5 nitrogen and oxygen atoms in total. The van der Waals surface area contributed by atoms with Crippen molar-refractivity contribution in [1.29, 1.82) is 0 Å². The maximum atomic E-state index is 13.6. The first kappa shape index (κ1) is 20.9. The Morgan fingerprint density at radius 2 is 1.50 bits per heavy atom. The number of hydrogen-bond donors (Lipinski definition) is 0. The molecule has 2 heterocycles. The molecule has 1 fully saturated rings. The average Bonchev–Trinajstić information content (AvgIpc) is 2.97. The molecule has 7 heteroatoms. The van der Waals surface area contributed by atoms with Crippen molar-refractivity contribution >= 4 is 46.3 Å². The second-order valence-corrected chi connectivity index (χ2v) is 8.67. The number of rotatable bonds is 3. The van der Waals surface area contributed by atoms with Crippen molar-refractivity contribution in [3.05, 3.63) is 68.8 Å². The first-order valence-electron chi connectivity index (χ1n) is 9.87. The molecular formula is C23H23Cl2N3O2. The predicted molar refractivity (Wildman–Crippen MR) is 121 cm³/mol. The van der Waals surface area contributed by atoms with Crippen molar-refractivity contribution in [2.75, 3.05) is 38.1 Å². The fourth-order valence-electron chi connectivity index (χ4n) is 3.86. The molecular weight excluding hydrogens is 421 g/mol. The lowest BCUT2D eigenvalue weighted by Gasteiger charge is -2.34. The summed E-state index contributed by atoms with van der Waals surface area (Å²) in [6, 6.07) is 10.7. The molecule has 2 aromatic rings. The van der Waals surface area contributed by atoms with Crippen LogP contribution < -0.4 is 4.90 Å². The molecule has 0 bridgehead atoms. The number of imide groups is 1. The van der Waals surface area contributed by atoms with Gasteiger partial charge in [0.2, 0.25) is 0 Å². The van der Waals surface area contributed by atoms with Gasteiger partial charge in [-0.1, -0.05) is 41.4 Å². The number of nitrogens with zero attached hydrogens (tertiary/aromatic N) is 3. The minimum atomic E-state index is -0.337. The Balaban J connectivity index is 1.83. The van der Waals surface area contributed by atoms with Crippen LogP contribution >= 0.6 is 23.2 Å². The third-order valence-electron chi connectivity index (χ3n) is 5.84. The standard InChI is InChI=1S/C23H23Cl2N3O2/c1-14-4-5-16(12-15(14)2)20-21(27-10-8-26(3)9-11-27)23(30)28(22(20)29)17-6-7-18(24)19(25)13-17/h4-7,12-13H,8-11H2,1-3H3. The van der Waals surface area contributed by atoms with Crippen LogP contribution in [0, 0.1) is 13.8 Å². The van der Waals surface area contributed by atoms with Crippen LogP contribution in [0.25, 0.3) is 5.57 Å². The number of aryl methyl sites for hydroxylation is 2. The molecule has 0 aliphatic carbocycles. The molecule has 0 N–H and O–H groups in total. The molecule has 0 radical (unpaired) electrons. The molecule has 2 aromatic carbocycles. The Kier molecular flexibility index (Phi) is 5.62. The Bertz CT molecular complexity index is 1070. The SMILES string of the molecule is Cc1ccc(C2=C(N3CCN(C)CC3)C(=O)N(c3ccc(Cl)c(Cl)c3)C2=O)cc1C. The van der Waals surface area contributed by atoms with E-state index in [1.54, 1.807) is 18.2 Å². The normalized spacial score (nSPS) is 18.0. The maximum Gasteiger partial charge on any atom is 0.282 e. The van der Waals surface area contributed by atoms with Gasteiger partial charge in [-0.3, -0.25) is 9.59 Å². The van der Waals surface area contributed by atoms with E-state index < -0.39 is 0 Å². The summed E-state index contributed by atoms with van der Waals surface area (Å²) < 4.78 is 0. The van der Waals surface area contributed by atoms with Crippen LogP contribution in [0.15, 0.2) is 42.1 Å². The van der Waals surface area contributed by atoms with Crippen molar-refractivity contribution in [2.24, 2.45) is 0 Å². The van der Waals surface area contributed by atoms with E-state index in [2.05, 4.69) is 11.9 Å². The van der Waals surface area contributed by atoms with E-state index in [-0.39, 0.29) is 11.8 Å². The minimum absolute atomic E-state index is 0.301. The summed E-state index contributed by atoms with van der Waals surface area (Å²) in [5, 5.41) is 0.677. The lowest BCUT2D eigenvalue weighted by Crippen LogP contribution is -2.46. The third-order valence-corrected chi connectivity index (χ3v) is 6.57. The van der Waals surface area contributed by atoms with Crippen LogP contribution in [-0.4, -0.2) is 54.8 Å². The van der Waals surface area contributed by atoms with Crippen LogP contribution in [0.3, 0.4) is 0 Å². The number of piperazine rings is 1. The lowest BCUT2D eigenvalue weighted by molar-refractivity contribution is -0.120. The third kappa shape index (κ3) is 3.62. The molecule has 156 valence electrons. The number of anilines is 1. The number of carbonyl (C=O) groups is 2. The Hall–Kier alpha value is -2.34. The molecule has 2 aliphatic rings. The number of benzene rings is 2. The van der Waals surface area contributed by atoms with Gasteiger partial charge in [-0.05, 0) is 55.8 Å². The van der Waals surface area contributed by atoms with Crippen LogP contribution in [0.5, 0.6) is 0 Å². The van der Waals surface area contributed by atoms with Crippen molar-refractivity contribution in [2.45, 2.75) is 13.8 Å². The number of hydrogen-bond acceptors (Lipinski definition) is 4. The molecule has 1 saturated heterocycles. The van der Waals surface area contributed by atoms with Crippen molar-refractivity contribution in [3.8, 4) is 0 Å². The van der Waals surface area contributed by atoms with Gasteiger partial charge in [-0.2, -0.15) is 0 Å². The largest absolute Gasteiger partial charge is 0.364 e. The summed E-state index contributed by atoms with van der Waals surface area (Å²) in [6.45, 7) is 7.07. The summed E-state index contributed by atoms with van der Waals surface area (Å²) in [7, 11) is 2.06. The molecule has 0 atom stereocenters. The van der Waals surface area contributed by atoms with Gasteiger partial charge in [0, 0.05) is 26.2 Å². The van der Waals surface area contributed by atoms with Gasteiger partial charge in [0.15, 0.2) is 0 Å². The van der Waals surface area contributed by atoms with E-state index in [1.165, 1.54) is 4.90 Å². The van der Waals surface area contributed by atoms with Crippen molar-refractivity contribution in [3.63, 3.8) is 0 Å². The Morgan fingerprint density at radius 3 is 2.13 bits per heavy atom. The second-order valence-electron chi connectivity index (χ2n) is 7.86. The number of halogens is 2. The van der Waals surface area contributed by atoms with Crippen LogP contribution in [-0.2, 0) is 9.59 Å². The summed E-state index contributed by atoms with van der Waals surface area (Å²) in [5.41, 5.74) is 4.29. The molecule has 2 amide bonds. The van der Waals surface area contributed by atoms with Crippen molar-refractivity contribution < 1.29 is 9.59 Å². The lowest BCUT2D eigenvalue weighted by atomic mass is 9.99. The van der Waals surface area contributed by atoms with E-state index in [9.17, 15) is 9.59 Å². The molecule has 0 unspecified atom stereocenters. The molecule has 30 heavy (non-hydrogen) atoms. The van der Waals surface area contributed by atoms with E-state index >= 15 is 0 Å². The second kappa shape index (κ2) is 8.06. The monoisotopic (exact) mass is 443 g/mol. The number of amides is 2. The highest BCUT2D eigenvalue weighted by Gasteiger charge is 2.43. The van der Waals surface area contributed by atoms with Crippen LogP contribution in [0.4, 0.5) is 5.69 Å².